The molecule has 4 nitrogen and oxygen atoms in total. The first kappa shape index (κ1) is 10.6. The molecule has 2 aliphatic rings. The van der Waals surface area contributed by atoms with Gasteiger partial charge in [-0.05, 0) is 12.1 Å². The molecule has 0 radical (unpaired) electrons. The highest BCUT2D eigenvalue weighted by Gasteiger charge is 2.24. The molecule has 1 aromatic carbocycles. The van der Waals surface area contributed by atoms with Gasteiger partial charge in [0.1, 0.15) is 0 Å². The second kappa shape index (κ2) is 4.75. The van der Waals surface area contributed by atoms with E-state index in [4.69, 9.17) is 0 Å². The van der Waals surface area contributed by atoms with Crippen LogP contribution in [0.1, 0.15) is 0 Å². The van der Waals surface area contributed by atoms with Crippen molar-refractivity contribution in [2.45, 2.75) is 0 Å². The highest BCUT2D eigenvalue weighted by atomic mass is 15.4. The molecule has 0 aromatic heterocycles. The van der Waals surface area contributed by atoms with Gasteiger partial charge in [0.15, 0.2) is 0 Å². The van der Waals surface area contributed by atoms with Crippen molar-refractivity contribution in [3.8, 4) is 0 Å². The Hall–Kier alpha value is -1.55. The summed E-state index contributed by atoms with van der Waals surface area (Å²) in [5, 5.41) is 3.38. The van der Waals surface area contributed by atoms with E-state index in [9.17, 15) is 0 Å². The van der Waals surface area contributed by atoms with Crippen LogP contribution in [0.15, 0.2) is 35.3 Å². The third kappa shape index (κ3) is 2.13. The van der Waals surface area contributed by atoms with E-state index < -0.39 is 0 Å². The lowest BCUT2D eigenvalue weighted by atomic mass is 10.3. The number of nitrogens with zero attached hydrogens (tertiary/aromatic N) is 3. The van der Waals surface area contributed by atoms with Crippen LogP contribution in [0.5, 0.6) is 0 Å². The largest absolute Gasteiger partial charge is 0.340 e. The molecule has 1 fully saturated rings. The van der Waals surface area contributed by atoms with Crippen LogP contribution in [0.2, 0.25) is 0 Å². The predicted molar refractivity (Wildman–Crippen MR) is 70.5 cm³/mol. The number of anilines is 1. The minimum absolute atomic E-state index is 0.911. The van der Waals surface area contributed by atoms with Gasteiger partial charge in [0, 0.05) is 38.4 Å². The molecule has 0 atom stereocenters. The summed E-state index contributed by atoms with van der Waals surface area (Å²) in [6, 6.07) is 10.5. The van der Waals surface area contributed by atoms with E-state index in [1.54, 1.807) is 0 Å². The zero-order chi connectivity index (χ0) is 11.5. The molecule has 0 saturated carbocycles. The van der Waals surface area contributed by atoms with E-state index in [0.717, 1.165) is 45.2 Å². The number of nitrogens with one attached hydrogen (secondary N) is 1. The molecule has 0 amide bonds. The summed E-state index contributed by atoms with van der Waals surface area (Å²) < 4.78 is 0. The normalized spacial score (nSPS) is 20.6. The number of piperazine rings is 1. The van der Waals surface area contributed by atoms with Gasteiger partial charge in [-0.2, -0.15) is 0 Å². The Morgan fingerprint density at radius 3 is 2.53 bits per heavy atom. The molecule has 1 N–H and O–H groups in total. The number of aliphatic imine (C=N–C) groups is 1. The SMILES string of the molecule is c1ccc(N2CCN=C2N2CCNCC2)cc1. The van der Waals surface area contributed by atoms with Crippen molar-refractivity contribution in [1.29, 1.82) is 0 Å². The molecular weight excluding hydrogens is 212 g/mol. The quantitative estimate of drug-likeness (QED) is 0.773. The Labute approximate surface area is 102 Å². The maximum Gasteiger partial charge on any atom is 0.201 e. The summed E-state index contributed by atoms with van der Waals surface area (Å²) in [6.45, 7) is 6.14. The number of benzene rings is 1. The van der Waals surface area contributed by atoms with Gasteiger partial charge in [-0.25, -0.2) is 0 Å². The van der Waals surface area contributed by atoms with Gasteiger partial charge >= 0.3 is 0 Å². The molecule has 1 saturated heterocycles. The van der Waals surface area contributed by atoms with Crippen LogP contribution in [0.25, 0.3) is 0 Å². The van der Waals surface area contributed by atoms with Gasteiger partial charge in [-0.15, -0.1) is 0 Å². The second-order valence-corrected chi connectivity index (χ2v) is 4.41. The first-order valence-corrected chi connectivity index (χ1v) is 6.28. The molecule has 0 spiro atoms. The first-order valence-electron chi connectivity index (χ1n) is 6.28. The molecule has 0 aliphatic carbocycles. The third-order valence-electron chi connectivity index (χ3n) is 3.29. The standard InChI is InChI=1S/C13H18N4/c1-2-4-12(5-3-1)17-11-8-15-13(17)16-9-6-14-7-10-16/h1-5,14H,6-11H2. The monoisotopic (exact) mass is 230 g/mol. The summed E-state index contributed by atoms with van der Waals surface area (Å²) in [4.78, 5) is 9.37. The highest BCUT2D eigenvalue weighted by Crippen LogP contribution is 2.18. The molecular formula is C13H18N4. The zero-order valence-corrected chi connectivity index (χ0v) is 9.97. The van der Waals surface area contributed by atoms with Crippen molar-refractivity contribution in [3.05, 3.63) is 30.3 Å². The van der Waals surface area contributed by atoms with Crippen LogP contribution in [0, 0.1) is 0 Å². The number of rotatable bonds is 1. The minimum atomic E-state index is 0.911. The molecule has 90 valence electrons. The zero-order valence-electron chi connectivity index (χ0n) is 9.97. The third-order valence-corrected chi connectivity index (χ3v) is 3.29. The predicted octanol–water partition coefficient (Wildman–Crippen LogP) is 0.768. The van der Waals surface area contributed by atoms with Gasteiger partial charge in [0.05, 0.1) is 6.54 Å². The smallest absolute Gasteiger partial charge is 0.201 e. The molecule has 0 unspecified atom stereocenters. The maximum absolute atomic E-state index is 4.66. The van der Waals surface area contributed by atoms with Gasteiger partial charge in [0.2, 0.25) is 5.96 Å². The molecule has 4 heteroatoms. The molecule has 0 bridgehead atoms. The van der Waals surface area contributed by atoms with Crippen LogP contribution in [-0.2, 0) is 0 Å². The van der Waals surface area contributed by atoms with Crippen LogP contribution in [-0.4, -0.2) is 50.1 Å². The van der Waals surface area contributed by atoms with Crippen LogP contribution in [0.3, 0.4) is 0 Å². The lowest BCUT2D eigenvalue weighted by Crippen LogP contribution is -2.51. The number of hydrogen-bond donors (Lipinski definition) is 1. The number of para-hydroxylation sites is 1. The Bertz CT molecular complexity index is 395. The Morgan fingerprint density at radius 2 is 1.76 bits per heavy atom. The van der Waals surface area contributed by atoms with Crippen molar-refractivity contribution < 1.29 is 0 Å². The molecule has 1 aromatic rings. The van der Waals surface area contributed by atoms with E-state index in [1.807, 2.05) is 0 Å². The van der Waals surface area contributed by atoms with Crippen LogP contribution in [0.4, 0.5) is 5.69 Å². The Kier molecular flexibility index (Phi) is 2.96. The van der Waals surface area contributed by atoms with Crippen molar-refractivity contribution >= 4 is 11.6 Å². The lowest BCUT2D eigenvalue weighted by molar-refractivity contribution is 0.354. The maximum atomic E-state index is 4.66. The summed E-state index contributed by atoms with van der Waals surface area (Å²) in [5.41, 5.74) is 1.25. The second-order valence-electron chi connectivity index (χ2n) is 4.41. The van der Waals surface area contributed by atoms with E-state index in [0.29, 0.717) is 0 Å². The van der Waals surface area contributed by atoms with Gasteiger partial charge in [-0.1, -0.05) is 18.2 Å². The van der Waals surface area contributed by atoms with Gasteiger partial charge in [0.25, 0.3) is 0 Å². The van der Waals surface area contributed by atoms with Crippen LogP contribution >= 0.6 is 0 Å². The van der Waals surface area contributed by atoms with Crippen molar-refractivity contribution in [3.63, 3.8) is 0 Å². The molecule has 3 rings (SSSR count). The molecule has 2 aliphatic heterocycles. The van der Waals surface area contributed by atoms with E-state index >= 15 is 0 Å². The fourth-order valence-electron chi connectivity index (χ4n) is 2.42. The Morgan fingerprint density at radius 1 is 1.00 bits per heavy atom. The number of hydrogen-bond acceptors (Lipinski definition) is 4. The summed E-state index contributed by atoms with van der Waals surface area (Å²) in [5.74, 6) is 1.15. The minimum Gasteiger partial charge on any atom is -0.340 e. The van der Waals surface area contributed by atoms with Gasteiger partial charge < -0.3 is 15.1 Å². The van der Waals surface area contributed by atoms with Crippen molar-refractivity contribution in [1.82, 2.24) is 10.2 Å². The topological polar surface area (TPSA) is 30.9 Å². The molecule has 2 heterocycles. The van der Waals surface area contributed by atoms with E-state index in [2.05, 4.69) is 50.4 Å². The van der Waals surface area contributed by atoms with Gasteiger partial charge in [-0.3, -0.25) is 4.99 Å². The summed E-state index contributed by atoms with van der Waals surface area (Å²) in [7, 11) is 0. The Balaban J connectivity index is 1.79. The summed E-state index contributed by atoms with van der Waals surface area (Å²) in [6.07, 6.45) is 0. The van der Waals surface area contributed by atoms with Crippen molar-refractivity contribution in [2.75, 3.05) is 44.2 Å². The fourth-order valence-corrected chi connectivity index (χ4v) is 2.42. The summed E-state index contributed by atoms with van der Waals surface area (Å²) >= 11 is 0. The average Bonchev–Trinajstić information content (AvgIpc) is 2.90. The van der Waals surface area contributed by atoms with Crippen molar-refractivity contribution in [2.24, 2.45) is 4.99 Å². The van der Waals surface area contributed by atoms with E-state index in [-0.39, 0.29) is 0 Å². The average molecular weight is 230 g/mol. The number of guanidine groups is 1. The first-order chi connectivity index (χ1) is 8.45. The fraction of sp³-hybridized carbons (Fsp3) is 0.462. The lowest BCUT2D eigenvalue weighted by Gasteiger charge is -2.33. The van der Waals surface area contributed by atoms with E-state index in [1.165, 1.54) is 5.69 Å². The van der Waals surface area contributed by atoms with Crippen LogP contribution < -0.4 is 10.2 Å². The molecule has 17 heavy (non-hydrogen) atoms. The highest BCUT2D eigenvalue weighted by molar-refractivity contribution is 5.97.